The molecule has 0 atom stereocenters. The fourth-order valence-electron chi connectivity index (χ4n) is 1.67. The predicted octanol–water partition coefficient (Wildman–Crippen LogP) is 0.824. The van der Waals surface area contributed by atoms with Gasteiger partial charge in [0.1, 0.15) is 0 Å². The average molecular weight is 235 g/mol. The van der Waals surface area contributed by atoms with Crippen LogP contribution in [0.3, 0.4) is 0 Å². The van der Waals surface area contributed by atoms with E-state index in [1.165, 1.54) is 11.0 Å². The van der Waals surface area contributed by atoms with E-state index in [2.05, 4.69) is 10.3 Å². The van der Waals surface area contributed by atoms with Crippen LogP contribution < -0.4 is 5.32 Å². The molecule has 4 nitrogen and oxygen atoms in total. The summed E-state index contributed by atoms with van der Waals surface area (Å²) >= 11 is 0. The van der Waals surface area contributed by atoms with Crippen LogP contribution in [0.1, 0.15) is 5.69 Å². The highest BCUT2D eigenvalue weighted by molar-refractivity contribution is 5.95. The molecule has 0 saturated carbocycles. The zero-order valence-electron chi connectivity index (χ0n) is 9.40. The minimum Gasteiger partial charge on any atom is -0.334 e. The molecule has 0 aliphatic carbocycles. The average Bonchev–Trinajstić information content (AvgIpc) is 2.40. The minimum absolute atomic E-state index is 0.452. The summed E-state index contributed by atoms with van der Waals surface area (Å²) in [5, 5.41) is 3.11. The number of halogens is 1. The van der Waals surface area contributed by atoms with Gasteiger partial charge < -0.3 is 10.2 Å². The van der Waals surface area contributed by atoms with Crippen LogP contribution in [-0.4, -0.2) is 42.0 Å². The van der Waals surface area contributed by atoms with Gasteiger partial charge >= 0.3 is 0 Å². The van der Waals surface area contributed by atoms with E-state index >= 15 is 0 Å². The molecule has 1 amide bonds. The Kier molecular flexibility index (Phi) is 3.82. The largest absolute Gasteiger partial charge is 0.334 e. The third-order valence-corrected chi connectivity index (χ3v) is 2.57. The van der Waals surface area contributed by atoms with E-state index < -0.39 is 11.7 Å². The molecule has 2 heterocycles. The third-order valence-electron chi connectivity index (χ3n) is 2.57. The van der Waals surface area contributed by atoms with Crippen molar-refractivity contribution in [3.63, 3.8) is 0 Å². The van der Waals surface area contributed by atoms with Crippen molar-refractivity contribution in [2.24, 2.45) is 0 Å². The maximum Gasteiger partial charge on any atom is 0.282 e. The maximum atomic E-state index is 13.7. The van der Waals surface area contributed by atoms with Crippen molar-refractivity contribution in [1.82, 2.24) is 15.2 Å². The first kappa shape index (κ1) is 11.7. The van der Waals surface area contributed by atoms with Crippen LogP contribution in [0.4, 0.5) is 4.39 Å². The highest BCUT2D eigenvalue weighted by atomic mass is 19.1. The number of hydrogen-bond acceptors (Lipinski definition) is 3. The van der Waals surface area contributed by atoms with E-state index in [-0.39, 0.29) is 0 Å². The number of hydrogen-bond donors (Lipinski definition) is 1. The predicted molar refractivity (Wildman–Crippen MR) is 62.8 cm³/mol. The quantitative estimate of drug-likeness (QED) is 0.772. The molecular formula is C12H14FN3O. The molecule has 17 heavy (non-hydrogen) atoms. The molecule has 1 aromatic heterocycles. The first-order valence-electron chi connectivity index (χ1n) is 5.55. The SMILES string of the molecule is O=C(/C(F)=C/c1ccccn1)N1CCNCC1. The number of piperazine rings is 1. The Bertz CT molecular complexity index is 413. The van der Waals surface area contributed by atoms with Crippen molar-refractivity contribution in [2.75, 3.05) is 26.2 Å². The molecular weight excluding hydrogens is 221 g/mol. The molecule has 0 radical (unpaired) electrons. The Morgan fingerprint density at radius 1 is 1.41 bits per heavy atom. The topological polar surface area (TPSA) is 45.2 Å². The van der Waals surface area contributed by atoms with Crippen LogP contribution in [0.15, 0.2) is 30.2 Å². The van der Waals surface area contributed by atoms with Crippen LogP contribution in [0, 0.1) is 0 Å². The van der Waals surface area contributed by atoms with Gasteiger partial charge in [-0.15, -0.1) is 0 Å². The van der Waals surface area contributed by atoms with Gasteiger partial charge in [0.05, 0.1) is 5.69 Å². The van der Waals surface area contributed by atoms with E-state index in [0.29, 0.717) is 31.9 Å². The first-order chi connectivity index (χ1) is 8.27. The smallest absolute Gasteiger partial charge is 0.282 e. The Hall–Kier alpha value is -1.75. The Morgan fingerprint density at radius 2 is 2.18 bits per heavy atom. The number of rotatable bonds is 2. The molecule has 1 aromatic rings. The number of amides is 1. The minimum atomic E-state index is -0.759. The van der Waals surface area contributed by atoms with Crippen LogP contribution in [-0.2, 0) is 4.79 Å². The zero-order valence-corrected chi connectivity index (χ0v) is 9.40. The van der Waals surface area contributed by atoms with Crippen molar-refractivity contribution < 1.29 is 9.18 Å². The summed E-state index contributed by atoms with van der Waals surface area (Å²) in [6.07, 6.45) is 2.73. The lowest BCUT2D eigenvalue weighted by Gasteiger charge is -2.26. The second kappa shape index (κ2) is 5.54. The molecule has 0 unspecified atom stereocenters. The standard InChI is InChI=1S/C12H14FN3O/c13-11(9-10-3-1-2-4-15-10)12(17)16-7-5-14-6-8-16/h1-4,9,14H,5-8H2/b11-9-. The van der Waals surface area contributed by atoms with Crippen molar-refractivity contribution in [3.05, 3.63) is 35.9 Å². The van der Waals surface area contributed by atoms with Gasteiger partial charge in [0.25, 0.3) is 5.91 Å². The summed E-state index contributed by atoms with van der Waals surface area (Å²) in [6, 6.07) is 5.15. The maximum absolute atomic E-state index is 13.7. The van der Waals surface area contributed by atoms with Crippen molar-refractivity contribution >= 4 is 12.0 Å². The first-order valence-corrected chi connectivity index (χ1v) is 5.55. The van der Waals surface area contributed by atoms with Gasteiger partial charge in [-0.2, -0.15) is 0 Å². The van der Waals surface area contributed by atoms with Crippen LogP contribution in [0.2, 0.25) is 0 Å². The van der Waals surface area contributed by atoms with Gasteiger partial charge in [0.15, 0.2) is 5.83 Å². The molecule has 1 aliphatic heterocycles. The fraction of sp³-hybridized carbons (Fsp3) is 0.333. The fourth-order valence-corrected chi connectivity index (χ4v) is 1.67. The Labute approximate surface area is 99.1 Å². The molecule has 0 bridgehead atoms. The van der Waals surface area contributed by atoms with E-state index in [1.807, 2.05) is 0 Å². The lowest BCUT2D eigenvalue weighted by atomic mass is 10.3. The van der Waals surface area contributed by atoms with Gasteiger partial charge in [-0.1, -0.05) is 6.07 Å². The molecule has 1 saturated heterocycles. The van der Waals surface area contributed by atoms with Gasteiger partial charge in [-0.25, -0.2) is 4.39 Å². The van der Waals surface area contributed by atoms with Crippen molar-refractivity contribution in [2.45, 2.75) is 0 Å². The lowest BCUT2D eigenvalue weighted by Crippen LogP contribution is -2.46. The van der Waals surface area contributed by atoms with Crippen LogP contribution >= 0.6 is 0 Å². The number of nitrogens with one attached hydrogen (secondary N) is 1. The number of nitrogens with zero attached hydrogens (tertiary/aromatic N) is 2. The lowest BCUT2D eigenvalue weighted by molar-refractivity contribution is -0.129. The van der Waals surface area contributed by atoms with Crippen LogP contribution in [0.25, 0.3) is 6.08 Å². The van der Waals surface area contributed by atoms with Crippen molar-refractivity contribution in [1.29, 1.82) is 0 Å². The monoisotopic (exact) mass is 235 g/mol. The summed E-state index contributed by atoms with van der Waals surface area (Å²) in [7, 11) is 0. The van der Waals surface area contributed by atoms with E-state index in [4.69, 9.17) is 0 Å². The molecule has 0 spiro atoms. The normalized spacial score (nSPS) is 17.0. The van der Waals surface area contributed by atoms with Crippen molar-refractivity contribution in [3.8, 4) is 0 Å². The molecule has 1 aliphatic rings. The van der Waals surface area contributed by atoms with Crippen LogP contribution in [0.5, 0.6) is 0 Å². The highest BCUT2D eigenvalue weighted by Crippen LogP contribution is 2.09. The van der Waals surface area contributed by atoms with Gasteiger partial charge in [-0.05, 0) is 12.1 Å². The third kappa shape index (κ3) is 3.10. The highest BCUT2D eigenvalue weighted by Gasteiger charge is 2.19. The molecule has 5 heteroatoms. The molecule has 2 rings (SSSR count). The second-order valence-corrected chi connectivity index (χ2v) is 3.79. The summed E-state index contributed by atoms with van der Waals surface area (Å²) in [5.41, 5.74) is 0.452. The van der Waals surface area contributed by atoms with E-state index in [9.17, 15) is 9.18 Å². The Morgan fingerprint density at radius 3 is 2.82 bits per heavy atom. The summed E-state index contributed by atoms with van der Waals surface area (Å²) < 4.78 is 13.7. The number of pyridine rings is 1. The number of carbonyl (C=O) groups excluding carboxylic acids is 1. The summed E-state index contributed by atoms with van der Waals surface area (Å²) in [6.45, 7) is 2.51. The summed E-state index contributed by atoms with van der Waals surface area (Å²) in [5.74, 6) is -1.32. The Balaban J connectivity index is 2.06. The molecule has 1 fully saturated rings. The van der Waals surface area contributed by atoms with E-state index in [1.54, 1.807) is 24.4 Å². The van der Waals surface area contributed by atoms with Gasteiger partial charge in [-0.3, -0.25) is 9.78 Å². The number of carbonyl (C=O) groups is 1. The summed E-state index contributed by atoms with van der Waals surface area (Å²) in [4.78, 5) is 17.2. The molecule has 90 valence electrons. The van der Waals surface area contributed by atoms with Gasteiger partial charge in [0.2, 0.25) is 0 Å². The zero-order chi connectivity index (χ0) is 12.1. The van der Waals surface area contributed by atoms with Gasteiger partial charge in [0, 0.05) is 38.5 Å². The van der Waals surface area contributed by atoms with E-state index in [0.717, 1.165) is 0 Å². The second-order valence-electron chi connectivity index (χ2n) is 3.79. The number of aromatic nitrogens is 1. The molecule has 1 N–H and O–H groups in total. The molecule has 0 aromatic carbocycles.